The number of nitrogens with zero attached hydrogens (tertiary/aromatic N) is 1. The summed E-state index contributed by atoms with van der Waals surface area (Å²) >= 11 is 0. The van der Waals surface area contributed by atoms with Crippen molar-refractivity contribution in [3.05, 3.63) is 33.5 Å². The molecule has 0 fully saturated rings. The Morgan fingerprint density at radius 3 is 2.18 bits per heavy atom. The maximum atomic E-state index is 10.1. The van der Waals surface area contributed by atoms with Gasteiger partial charge in [-0.3, -0.25) is 0 Å². The normalized spacial score (nSPS) is 23.8. The van der Waals surface area contributed by atoms with E-state index in [0.717, 1.165) is 16.8 Å². The van der Waals surface area contributed by atoms with E-state index in [0.29, 0.717) is 22.1 Å². The molecule has 94 valence electrons. The highest BCUT2D eigenvalue weighted by molar-refractivity contribution is 6.58. The number of hydrogen-bond donors (Lipinski definition) is 1. The molecule has 2 atom stereocenters. The molecule has 3 rings (SSSR count). The summed E-state index contributed by atoms with van der Waals surface area (Å²) in [5.74, 6) is -1.19. The van der Waals surface area contributed by atoms with Crippen molar-refractivity contribution in [1.29, 1.82) is 0 Å². The average Bonchev–Trinajstić information content (AvgIpc) is 2.80. The minimum absolute atomic E-state index is 0.139. The molecule has 1 aromatic rings. The predicted molar refractivity (Wildman–Crippen MR) is 96.2 cm³/mol. The fourth-order valence-electron chi connectivity index (χ4n) is 3.47. The van der Waals surface area contributed by atoms with Crippen molar-refractivity contribution in [2.75, 3.05) is 11.9 Å². The standard InChI is InChI=1S/C14H9B6NO/c1-3-6(15)9(18)7(16)4-5-8(17)10(19)14(22)11(20)13(5)21(2)12(3)4/h5,8,22H,1-2H3. The second-order valence-electron chi connectivity index (χ2n) is 5.79. The number of aliphatic hydroxyl groups excluding tert-OH is 1. The highest BCUT2D eigenvalue weighted by Gasteiger charge is 2.42. The van der Waals surface area contributed by atoms with Crippen LogP contribution in [0.5, 0.6) is 0 Å². The SMILES string of the molecule is [B]C1=C2C(c3c([B])c([B])c([B])c(C)c3N2C)C([B])C([B])=C1O. The Balaban J connectivity index is 2.40. The first-order chi connectivity index (χ1) is 10.2. The van der Waals surface area contributed by atoms with E-state index in [9.17, 15) is 5.11 Å². The Hall–Kier alpha value is -1.31. The van der Waals surface area contributed by atoms with Crippen molar-refractivity contribution in [3.8, 4) is 0 Å². The molecule has 2 aliphatic rings. The highest BCUT2D eigenvalue weighted by atomic mass is 16.3. The lowest BCUT2D eigenvalue weighted by atomic mass is 9.56. The second kappa shape index (κ2) is 4.84. The number of fused-ring (bicyclic) bond motifs is 3. The van der Waals surface area contributed by atoms with Crippen molar-refractivity contribution in [2.24, 2.45) is 0 Å². The summed E-state index contributed by atoms with van der Waals surface area (Å²) in [7, 11) is 38.2. The molecular formula is C14H9B6NO. The fraction of sp³-hybridized carbons (Fsp3) is 0.286. The topological polar surface area (TPSA) is 23.5 Å². The molecule has 0 amide bonds. The number of allylic oxidation sites excluding steroid dienone is 3. The number of likely N-dealkylation sites (N-methyl/N-ethyl adjacent to an activating group) is 1. The van der Waals surface area contributed by atoms with Gasteiger partial charge in [0.2, 0.25) is 0 Å². The van der Waals surface area contributed by atoms with Gasteiger partial charge in [-0.25, -0.2) is 0 Å². The predicted octanol–water partition coefficient (Wildman–Crippen LogP) is -1.80. The zero-order chi connectivity index (χ0) is 16.5. The summed E-state index contributed by atoms with van der Waals surface area (Å²) < 4.78 is 0. The first kappa shape index (κ1) is 15.6. The number of anilines is 1. The molecule has 12 radical (unpaired) electrons. The van der Waals surface area contributed by atoms with Gasteiger partial charge in [0.1, 0.15) is 39.2 Å². The number of aliphatic hydroxyl groups is 1. The Kier molecular flexibility index (Phi) is 3.43. The lowest BCUT2D eigenvalue weighted by Crippen LogP contribution is -2.43. The molecule has 2 unspecified atom stereocenters. The van der Waals surface area contributed by atoms with E-state index >= 15 is 0 Å². The minimum atomic E-state index is -0.643. The van der Waals surface area contributed by atoms with Crippen LogP contribution in [0.3, 0.4) is 0 Å². The van der Waals surface area contributed by atoms with Crippen LogP contribution in [-0.4, -0.2) is 59.2 Å². The van der Waals surface area contributed by atoms with Gasteiger partial charge < -0.3 is 10.0 Å². The molecule has 1 aliphatic heterocycles. The van der Waals surface area contributed by atoms with Crippen LogP contribution >= 0.6 is 0 Å². The third-order valence-electron chi connectivity index (χ3n) is 4.71. The summed E-state index contributed by atoms with van der Waals surface area (Å²) in [4.78, 5) is 1.85. The first-order valence-electron chi connectivity index (χ1n) is 6.84. The molecular weight excluding hydrogens is 263 g/mol. The number of hydrogen-bond acceptors (Lipinski definition) is 2. The van der Waals surface area contributed by atoms with Crippen LogP contribution in [-0.2, 0) is 0 Å². The van der Waals surface area contributed by atoms with Crippen LogP contribution in [0.15, 0.2) is 22.4 Å². The van der Waals surface area contributed by atoms with E-state index in [2.05, 4.69) is 0 Å². The molecule has 1 heterocycles. The molecule has 1 aromatic carbocycles. The fourth-order valence-corrected chi connectivity index (χ4v) is 3.47. The van der Waals surface area contributed by atoms with E-state index in [-0.39, 0.29) is 22.6 Å². The summed E-state index contributed by atoms with van der Waals surface area (Å²) in [6, 6.07) is 0. The van der Waals surface area contributed by atoms with Crippen LogP contribution < -0.4 is 21.3 Å². The zero-order valence-electron chi connectivity index (χ0n) is 12.5. The third kappa shape index (κ3) is 1.70. The average molecular weight is 272 g/mol. The van der Waals surface area contributed by atoms with E-state index in [1.54, 1.807) is 0 Å². The summed E-state index contributed by atoms with van der Waals surface area (Å²) in [6.45, 7) is 1.86. The van der Waals surface area contributed by atoms with Gasteiger partial charge in [0.15, 0.2) is 0 Å². The zero-order valence-corrected chi connectivity index (χ0v) is 12.5. The van der Waals surface area contributed by atoms with Crippen LogP contribution in [0, 0.1) is 6.92 Å². The van der Waals surface area contributed by atoms with Gasteiger partial charge >= 0.3 is 0 Å². The van der Waals surface area contributed by atoms with Gasteiger partial charge in [-0.1, -0.05) is 22.2 Å². The Morgan fingerprint density at radius 1 is 1.00 bits per heavy atom. The van der Waals surface area contributed by atoms with E-state index < -0.39 is 5.82 Å². The molecule has 0 saturated carbocycles. The van der Waals surface area contributed by atoms with Gasteiger partial charge in [0.05, 0.1) is 13.6 Å². The van der Waals surface area contributed by atoms with E-state index in [1.165, 1.54) is 0 Å². The molecule has 8 heteroatoms. The largest absolute Gasteiger partial charge is 0.509 e. The molecule has 1 N–H and O–H groups in total. The van der Waals surface area contributed by atoms with Crippen LogP contribution in [0.1, 0.15) is 17.0 Å². The van der Waals surface area contributed by atoms with E-state index in [4.69, 9.17) is 47.1 Å². The van der Waals surface area contributed by atoms with Crippen LogP contribution in [0.2, 0.25) is 5.82 Å². The van der Waals surface area contributed by atoms with Crippen LogP contribution in [0.4, 0.5) is 5.69 Å². The van der Waals surface area contributed by atoms with Gasteiger partial charge in [-0.15, -0.1) is 5.46 Å². The lowest BCUT2D eigenvalue weighted by molar-refractivity contribution is 0.417. The van der Waals surface area contributed by atoms with E-state index in [1.807, 2.05) is 18.9 Å². The maximum absolute atomic E-state index is 10.1. The van der Waals surface area contributed by atoms with Crippen molar-refractivity contribution in [2.45, 2.75) is 18.7 Å². The monoisotopic (exact) mass is 273 g/mol. The Morgan fingerprint density at radius 2 is 1.59 bits per heavy atom. The molecule has 1 aliphatic carbocycles. The molecule has 0 bridgehead atoms. The van der Waals surface area contributed by atoms with Crippen molar-refractivity contribution >= 4 is 69.2 Å². The molecule has 0 aromatic heterocycles. The first-order valence-corrected chi connectivity index (χ1v) is 6.84. The molecule has 2 nitrogen and oxygen atoms in total. The maximum Gasteiger partial charge on any atom is 0.121 e. The molecule has 0 spiro atoms. The minimum Gasteiger partial charge on any atom is -0.509 e. The summed E-state index contributed by atoms with van der Waals surface area (Å²) in [5.41, 5.74) is 4.49. The van der Waals surface area contributed by atoms with Crippen molar-refractivity contribution in [3.63, 3.8) is 0 Å². The van der Waals surface area contributed by atoms with Gasteiger partial charge in [-0.05, 0) is 23.5 Å². The number of benzene rings is 1. The lowest BCUT2D eigenvalue weighted by Gasteiger charge is -2.33. The Bertz CT molecular complexity index is 769. The van der Waals surface area contributed by atoms with Gasteiger partial charge in [0.25, 0.3) is 0 Å². The Labute approximate surface area is 138 Å². The molecule has 0 saturated heterocycles. The number of rotatable bonds is 0. The smallest absolute Gasteiger partial charge is 0.121 e. The molecule has 22 heavy (non-hydrogen) atoms. The highest BCUT2D eigenvalue weighted by Crippen LogP contribution is 2.53. The third-order valence-corrected chi connectivity index (χ3v) is 4.71. The quantitative estimate of drug-likeness (QED) is 0.563. The van der Waals surface area contributed by atoms with Crippen LogP contribution in [0.25, 0.3) is 0 Å². The van der Waals surface area contributed by atoms with Crippen molar-refractivity contribution < 1.29 is 5.11 Å². The summed E-state index contributed by atoms with van der Waals surface area (Å²) in [5, 5.41) is 10.1. The second-order valence-corrected chi connectivity index (χ2v) is 5.79. The summed E-state index contributed by atoms with van der Waals surface area (Å²) in [6.07, 6.45) is 0. The van der Waals surface area contributed by atoms with Gasteiger partial charge in [-0.2, -0.15) is 0 Å². The van der Waals surface area contributed by atoms with Gasteiger partial charge in [0, 0.05) is 24.4 Å². The van der Waals surface area contributed by atoms with Crippen molar-refractivity contribution in [1.82, 2.24) is 0 Å².